The molecule has 2 aliphatic rings. The molecule has 0 atom stereocenters. The van der Waals surface area contributed by atoms with Crippen LogP contribution in [0.2, 0.25) is 5.28 Å². The number of hydrogen-bond acceptors (Lipinski definition) is 6. The lowest BCUT2D eigenvalue weighted by molar-refractivity contribution is -0.0759. The first-order valence-corrected chi connectivity index (χ1v) is 8.57. The van der Waals surface area contributed by atoms with E-state index in [9.17, 15) is 4.79 Å². The molecular weight excluding hydrogens is 342 g/mol. The summed E-state index contributed by atoms with van der Waals surface area (Å²) in [7, 11) is 0. The van der Waals surface area contributed by atoms with Gasteiger partial charge in [0, 0.05) is 18.4 Å². The molecule has 0 unspecified atom stereocenters. The Bertz CT molecular complexity index is 801. The Balaban J connectivity index is 1.28. The number of aromatic nitrogens is 3. The van der Waals surface area contributed by atoms with Crippen molar-refractivity contribution in [3.8, 4) is 5.88 Å². The highest BCUT2D eigenvalue weighted by Gasteiger charge is 2.54. The maximum absolute atomic E-state index is 11.4. The van der Waals surface area contributed by atoms with Crippen LogP contribution in [0, 0.1) is 5.41 Å². The van der Waals surface area contributed by atoms with Gasteiger partial charge in [0.1, 0.15) is 17.5 Å². The van der Waals surface area contributed by atoms with Crippen LogP contribution >= 0.6 is 11.6 Å². The molecule has 3 N–H and O–H groups in total. The van der Waals surface area contributed by atoms with Gasteiger partial charge in [-0.15, -0.1) is 0 Å². The van der Waals surface area contributed by atoms with Crippen LogP contribution in [0.3, 0.4) is 0 Å². The molecule has 2 aromatic rings. The van der Waals surface area contributed by atoms with Crippen LogP contribution in [-0.2, 0) is 0 Å². The first-order valence-electron chi connectivity index (χ1n) is 8.20. The molecule has 0 radical (unpaired) electrons. The molecule has 0 aliphatic heterocycles. The molecule has 8 heteroatoms. The van der Waals surface area contributed by atoms with E-state index >= 15 is 0 Å². The van der Waals surface area contributed by atoms with Crippen molar-refractivity contribution in [3.05, 3.63) is 41.4 Å². The second-order valence-corrected chi connectivity index (χ2v) is 7.17. The monoisotopic (exact) mass is 359 g/mol. The van der Waals surface area contributed by atoms with Gasteiger partial charge in [-0.2, -0.15) is 0 Å². The van der Waals surface area contributed by atoms with Gasteiger partial charge in [0.25, 0.3) is 5.91 Å². The summed E-state index contributed by atoms with van der Waals surface area (Å²) in [6.45, 7) is 0. The van der Waals surface area contributed by atoms with Gasteiger partial charge < -0.3 is 15.8 Å². The first-order chi connectivity index (χ1) is 12.0. The minimum absolute atomic E-state index is 0.0856. The Hall–Kier alpha value is -2.41. The van der Waals surface area contributed by atoms with Gasteiger partial charge >= 0.3 is 0 Å². The van der Waals surface area contributed by atoms with Crippen molar-refractivity contribution in [2.75, 3.05) is 5.32 Å². The molecule has 2 aliphatic carbocycles. The van der Waals surface area contributed by atoms with Crippen molar-refractivity contribution in [3.63, 3.8) is 0 Å². The smallest absolute Gasteiger partial charge is 0.254 e. The van der Waals surface area contributed by atoms with E-state index in [2.05, 4.69) is 20.3 Å². The van der Waals surface area contributed by atoms with Crippen molar-refractivity contribution in [1.29, 1.82) is 0 Å². The van der Waals surface area contributed by atoms with Gasteiger partial charge in [-0.05, 0) is 60.9 Å². The van der Waals surface area contributed by atoms with Crippen LogP contribution in [0.1, 0.15) is 36.0 Å². The number of ether oxygens (including phenoxy) is 1. The Labute approximate surface area is 150 Å². The SMILES string of the molecule is NC(=O)c1cccnc1O[C@H]1CC2(C[C@H](Nc3ccnc(Cl)n3)C2)C1. The van der Waals surface area contributed by atoms with Crippen molar-refractivity contribution in [1.82, 2.24) is 15.0 Å². The Morgan fingerprint density at radius 2 is 2.04 bits per heavy atom. The number of nitrogens with two attached hydrogens (primary N) is 1. The quantitative estimate of drug-likeness (QED) is 0.795. The van der Waals surface area contributed by atoms with E-state index in [1.165, 1.54) is 0 Å². The van der Waals surface area contributed by atoms with Crippen molar-refractivity contribution in [2.24, 2.45) is 11.1 Å². The van der Waals surface area contributed by atoms with Gasteiger partial charge in [-0.3, -0.25) is 4.79 Å². The molecule has 25 heavy (non-hydrogen) atoms. The van der Waals surface area contributed by atoms with E-state index in [-0.39, 0.29) is 11.4 Å². The number of anilines is 1. The lowest BCUT2D eigenvalue weighted by atomic mass is 9.53. The minimum atomic E-state index is -0.520. The highest BCUT2D eigenvalue weighted by atomic mass is 35.5. The number of hydrogen-bond donors (Lipinski definition) is 2. The van der Waals surface area contributed by atoms with Crippen molar-refractivity contribution >= 4 is 23.3 Å². The summed E-state index contributed by atoms with van der Waals surface area (Å²) < 4.78 is 5.87. The predicted octanol–water partition coefficient (Wildman–Crippen LogP) is 2.43. The fourth-order valence-electron chi connectivity index (χ4n) is 3.87. The molecule has 1 amide bonds. The van der Waals surface area contributed by atoms with E-state index in [1.54, 1.807) is 24.5 Å². The molecule has 0 aromatic carbocycles. The zero-order valence-corrected chi connectivity index (χ0v) is 14.2. The fourth-order valence-corrected chi connectivity index (χ4v) is 4.01. The van der Waals surface area contributed by atoms with E-state index in [1.807, 2.05) is 6.07 Å². The van der Waals surface area contributed by atoms with Gasteiger partial charge in [0.15, 0.2) is 0 Å². The Morgan fingerprint density at radius 1 is 1.24 bits per heavy atom. The maximum atomic E-state index is 11.4. The molecule has 4 rings (SSSR count). The summed E-state index contributed by atoms with van der Waals surface area (Å²) in [5.41, 5.74) is 6.01. The largest absolute Gasteiger partial charge is 0.474 e. The normalized spacial score (nSPS) is 27.2. The average Bonchev–Trinajstić information content (AvgIpc) is 2.51. The first kappa shape index (κ1) is 16.1. The van der Waals surface area contributed by atoms with Crippen LogP contribution in [0.15, 0.2) is 30.6 Å². The molecule has 130 valence electrons. The third-order valence-corrected chi connectivity index (χ3v) is 5.16. The standard InChI is InChI=1S/C17H18ClN5O2/c18-16-21-5-3-13(23-16)22-10-6-17(7-10)8-11(9-17)25-15-12(14(19)24)2-1-4-20-15/h1-5,10-11H,6-9H2,(H2,19,24)(H,21,22,23)/t10-,11-,17?. The molecule has 0 saturated heterocycles. The molecule has 2 saturated carbocycles. The van der Waals surface area contributed by atoms with E-state index in [0.717, 1.165) is 31.5 Å². The van der Waals surface area contributed by atoms with Crippen LogP contribution in [-0.4, -0.2) is 33.0 Å². The fraction of sp³-hybridized carbons (Fsp3) is 0.412. The second kappa shape index (κ2) is 6.15. The molecule has 2 aromatic heterocycles. The molecule has 7 nitrogen and oxygen atoms in total. The zero-order valence-electron chi connectivity index (χ0n) is 13.5. The zero-order chi connectivity index (χ0) is 17.4. The summed E-state index contributed by atoms with van der Waals surface area (Å²) in [6.07, 6.45) is 7.39. The summed E-state index contributed by atoms with van der Waals surface area (Å²) in [4.78, 5) is 23.6. The summed E-state index contributed by atoms with van der Waals surface area (Å²) in [6, 6.07) is 5.52. The van der Waals surface area contributed by atoms with Crippen molar-refractivity contribution < 1.29 is 9.53 Å². The maximum Gasteiger partial charge on any atom is 0.254 e. The summed E-state index contributed by atoms with van der Waals surface area (Å²) >= 11 is 5.80. The number of amides is 1. The number of carbonyl (C=O) groups is 1. The number of halogens is 1. The third kappa shape index (κ3) is 3.24. The predicted molar refractivity (Wildman–Crippen MR) is 92.5 cm³/mol. The highest BCUT2D eigenvalue weighted by Crippen LogP contribution is 2.57. The number of carbonyl (C=O) groups excluding carboxylic acids is 1. The Kier molecular flexibility index (Phi) is 3.95. The van der Waals surface area contributed by atoms with Gasteiger partial charge in [-0.1, -0.05) is 0 Å². The number of primary amides is 1. The molecule has 2 fully saturated rings. The van der Waals surface area contributed by atoms with Gasteiger partial charge in [-0.25, -0.2) is 15.0 Å². The summed E-state index contributed by atoms with van der Waals surface area (Å²) in [5, 5.41) is 3.63. The molecular formula is C17H18ClN5O2. The number of nitrogens with zero attached hydrogens (tertiary/aromatic N) is 3. The van der Waals surface area contributed by atoms with Crippen LogP contribution in [0.25, 0.3) is 0 Å². The van der Waals surface area contributed by atoms with E-state index in [0.29, 0.717) is 22.9 Å². The van der Waals surface area contributed by atoms with Crippen LogP contribution < -0.4 is 15.8 Å². The number of rotatable bonds is 5. The molecule has 2 heterocycles. The Morgan fingerprint density at radius 3 is 2.76 bits per heavy atom. The number of pyridine rings is 1. The number of nitrogens with one attached hydrogen (secondary N) is 1. The van der Waals surface area contributed by atoms with Crippen molar-refractivity contribution in [2.45, 2.75) is 37.8 Å². The van der Waals surface area contributed by atoms with Gasteiger partial charge in [0.05, 0.1) is 0 Å². The third-order valence-electron chi connectivity index (χ3n) is 4.97. The van der Waals surface area contributed by atoms with Crippen LogP contribution in [0.4, 0.5) is 5.82 Å². The second-order valence-electron chi connectivity index (χ2n) is 6.83. The molecule has 0 bridgehead atoms. The van der Waals surface area contributed by atoms with Gasteiger partial charge in [0.2, 0.25) is 11.2 Å². The average molecular weight is 360 g/mol. The van der Waals surface area contributed by atoms with E-state index in [4.69, 9.17) is 22.1 Å². The minimum Gasteiger partial charge on any atom is -0.474 e. The topological polar surface area (TPSA) is 103 Å². The summed E-state index contributed by atoms with van der Waals surface area (Å²) in [5.74, 6) is 0.569. The molecule has 1 spiro atoms. The van der Waals surface area contributed by atoms with Crippen LogP contribution in [0.5, 0.6) is 5.88 Å². The lowest BCUT2D eigenvalue weighted by Crippen LogP contribution is -2.56. The lowest BCUT2D eigenvalue weighted by Gasteiger charge is -2.57. The van der Waals surface area contributed by atoms with E-state index < -0.39 is 5.91 Å². The highest BCUT2D eigenvalue weighted by molar-refractivity contribution is 6.28.